The molecule has 0 radical (unpaired) electrons. The lowest BCUT2D eigenvalue weighted by Crippen LogP contribution is -2.31. The second kappa shape index (κ2) is 6.79. The Hall–Kier alpha value is 0.390. The predicted octanol–water partition coefficient (Wildman–Crippen LogP) is 3.28. The molecule has 0 fully saturated rings. The molecule has 2 heteroatoms. The zero-order chi connectivity index (χ0) is 9.78. The summed E-state index contributed by atoms with van der Waals surface area (Å²) in [6.45, 7) is 10.7. The van der Waals surface area contributed by atoms with Crippen LogP contribution >= 0.6 is 9.90 Å². The normalized spacial score (nSPS) is 12.0. The van der Waals surface area contributed by atoms with Crippen LogP contribution in [0.25, 0.3) is 0 Å². The average Bonchev–Trinajstić information content (AvgIpc) is 1.83. The maximum Gasteiger partial charge on any atom is 0.0650 e. The summed E-state index contributed by atoms with van der Waals surface area (Å²) in [5, 5.41) is 10.2. The van der Waals surface area contributed by atoms with E-state index in [-0.39, 0.29) is 9.90 Å². The molecule has 0 heterocycles. The van der Waals surface area contributed by atoms with E-state index in [1.54, 1.807) is 0 Å². The van der Waals surface area contributed by atoms with E-state index in [1.165, 1.54) is 0 Å². The second-order valence-corrected chi connectivity index (χ2v) is 4.77. The van der Waals surface area contributed by atoms with Gasteiger partial charge in [0.15, 0.2) is 0 Å². The monoisotopic (exact) mass is 206 g/mol. The van der Waals surface area contributed by atoms with Crippen LogP contribution in [0.3, 0.4) is 0 Å². The number of hydrogen-bond acceptors (Lipinski definition) is 1. The predicted molar refractivity (Wildman–Crippen MR) is 65.3 cm³/mol. The summed E-state index contributed by atoms with van der Waals surface area (Å²) in [7, 11) is 0. The molecule has 1 nitrogen and oxygen atoms in total. The smallest absolute Gasteiger partial charge is 0.0650 e. The Bertz CT molecular complexity index is 111. The maximum atomic E-state index is 10.2. The molecule has 0 spiro atoms. The minimum absolute atomic E-state index is 0. The summed E-state index contributed by atoms with van der Waals surface area (Å²) in [4.78, 5) is 0. The standard InChI is InChI=1S/C11H24O.H3P/c1-6-11(12,7-9(2)3)8-10(4)5;/h9-10,12H,6-8H2,1-5H3;1H3. The van der Waals surface area contributed by atoms with Gasteiger partial charge in [-0.1, -0.05) is 34.6 Å². The molecule has 0 aromatic heterocycles. The third-order valence-corrected chi connectivity index (χ3v) is 2.23. The van der Waals surface area contributed by atoms with E-state index in [1.807, 2.05) is 0 Å². The Morgan fingerprint density at radius 3 is 1.46 bits per heavy atom. The van der Waals surface area contributed by atoms with Crippen LogP contribution in [0.4, 0.5) is 0 Å². The lowest BCUT2D eigenvalue weighted by Gasteiger charge is -2.30. The highest BCUT2D eigenvalue weighted by Gasteiger charge is 2.26. The fourth-order valence-corrected chi connectivity index (χ4v) is 1.89. The molecule has 82 valence electrons. The topological polar surface area (TPSA) is 20.2 Å². The molecule has 0 saturated heterocycles. The number of rotatable bonds is 5. The van der Waals surface area contributed by atoms with Gasteiger partial charge in [-0.05, 0) is 31.1 Å². The van der Waals surface area contributed by atoms with Crippen molar-refractivity contribution in [3.8, 4) is 0 Å². The summed E-state index contributed by atoms with van der Waals surface area (Å²) in [6.07, 6.45) is 2.74. The number of hydrogen-bond donors (Lipinski definition) is 1. The molecule has 0 aromatic carbocycles. The first kappa shape index (κ1) is 15.8. The molecule has 0 rings (SSSR count). The van der Waals surface area contributed by atoms with Crippen LogP contribution in [-0.2, 0) is 0 Å². The van der Waals surface area contributed by atoms with Crippen molar-refractivity contribution in [1.82, 2.24) is 0 Å². The summed E-state index contributed by atoms with van der Waals surface area (Å²) < 4.78 is 0. The average molecular weight is 206 g/mol. The van der Waals surface area contributed by atoms with E-state index in [4.69, 9.17) is 0 Å². The van der Waals surface area contributed by atoms with Crippen molar-refractivity contribution in [2.45, 2.75) is 59.5 Å². The molecule has 1 atom stereocenters. The third kappa shape index (κ3) is 7.46. The molecule has 1 N–H and O–H groups in total. The van der Waals surface area contributed by atoms with Gasteiger partial charge in [0.05, 0.1) is 5.60 Å². The van der Waals surface area contributed by atoms with E-state index in [9.17, 15) is 5.11 Å². The molecule has 0 saturated carbocycles. The molecule has 0 aromatic rings. The summed E-state index contributed by atoms with van der Waals surface area (Å²) >= 11 is 0. The fraction of sp³-hybridized carbons (Fsp3) is 1.00. The lowest BCUT2D eigenvalue weighted by atomic mass is 9.83. The van der Waals surface area contributed by atoms with Gasteiger partial charge in [-0.25, -0.2) is 0 Å². The molecule has 13 heavy (non-hydrogen) atoms. The summed E-state index contributed by atoms with van der Waals surface area (Å²) in [6, 6.07) is 0. The van der Waals surface area contributed by atoms with E-state index >= 15 is 0 Å². The van der Waals surface area contributed by atoms with Gasteiger partial charge in [0.25, 0.3) is 0 Å². The van der Waals surface area contributed by atoms with Crippen LogP contribution in [0.15, 0.2) is 0 Å². The lowest BCUT2D eigenvalue weighted by molar-refractivity contribution is -0.00304. The first-order chi connectivity index (χ1) is 5.39. The van der Waals surface area contributed by atoms with Crippen LogP contribution in [0, 0.1) is 11.8 Å². The quantitative estimate of drug-likeness (QED) is 0.684. The Labute approximate surface area is 86.9 Å². The minimum Gasteiger partial charge on any atom is -0.390 e. The van der Waals surface area contributed by atoms with Crippen molar-refractivity contribution >= 4 is 9.90 Å². The third-order valence-electron chi connectivity index (χ3n) is 2.23. The van der Waals surface area contributed by atoms with Crippen molar-refractivity contribution in [1.29, 1.82) is 0 Å². The minimum atomic E-state index is -0.414. The first-order valence-corrected chi connectivity index (χ1v) is 5.12. The van der Waals surface area contributed by atoms with Crippen molar-refractivity contribution in [2.24, 2.45) is 11.8 Å². The van der Waals surface area contributed by atoms with Crippen molar-refractivity contribution in [2.75, 3.05) is 0 Å². The largest absolute Gasteiger partial charge is 0.390 e. The van der Waals surface area contributed by atoms with E-state index in [0.29, 0.717) is 11.8 Å². The van der Waals surface area contributed by atoms with Gasteiger partial charge < -0.3 is 5.11 Å². The van der Waals surface area contributed by atoms with Gasteiger partial charge in [-0.3, -0.25) is 0 Å². The van der Waals surface area contributed by atoms with Gasteiger partial charge in [-0.2, -0.15) is 9.90 Å². The highest BCUT2D eigenvalue weighted by atomic mass is 31.0. The van der Waals surface area contributed by atoms with Gasteiger partial charge in [0.2, 0.25) is 0 Å². The van der Waals surface area contributed by atoms with Crippen LogP contribution in [0.2, 0.25) is 0 Å². The van der Waals surface area contributed by atoms with Gasteiger partial charge in [-0.15, -0.1) is 0 Å². The van der Waals surface area contributed by atoms with Crippen LogP contribution in [-0.4, -0.2) is 10.7 Å². The SMILES string of the molecule is CCC(O)(CC(C)C)CC(C)C.P. The first-order valence-electron chi connectivity index (χ1n) is 5.12. The molecule has 0 aliphatic heterocycles. The highest BCUT2D eigenvalue weighted by molar-refractivity contribution is 6.92. The Morgan fingerprint density at radius 2 is 1.31 bits per heavy atom. The van der Waals surface area contributed by atoms with Crippen LogP contribution < -0.4 is 0 Å². The summed E-state index contributed by atoms with van der Waals surface area (Å²) in [5.41, 5.74) is -0.414. The Kier molecular flexibility index (Phi) is 8.27. The summed E-state index contributed by atoms with van der Waals surface area (Å²) in [5.74, 6) is 1.18. The van der Waals surface area contributed by atoms with E-state index < -0.39 is 5.60 Å². The molecule has 0 aliphatic rings. The fourth-order valence-electron chi connectivity index (χ4n) is 1.89. The van der Waals surface area contributed by atoms with Crippen LogP contribution in [0.1, 0.15) is 53.9 Å². The molecular formula is C11H27OP. The van der Waals surface area contributed by atoms with Gasteiger partial charge in [0, 0.05) is 0 Å². The number of aliphatic hydroxyl groups is 1. The molecule has 0 aliphatic carbocycles. The molecule has 0 bridgehead atoms. The molecular weight excluding hydrogens is 179 g/mol. The van der Waals surface area contributed by atoms with Crippen molar-refractivity contribution < 1.29 is 5.11 Å². The molecule has 1 unspecified atom stereocenters. The van der Waals surface area contributed by atoms with E-state index in [2.05, 4.69) is 34.6 Å². The van der Waals surface area contributed by atoms with Crippen LogP contribution in [0.5, 0.6) is 0 Å². The van der Waals surface area contributed by atoms with Crippen molar-refractivity contribution in [3.05, 3.63) is 0 Å². The zero-order valence-electron chi connectivity index (χ0n) is 9.93. The van der Waals surface area contributed by atoms with Gasteiger partial charge >= 0.3 is 0 Å². The van der Waals surface area contributed by atoms with E-state index in [0.717, 1.165) is 19.3 Å². The maximum absolute atomic E-state index is 10.2. The highest BCUT2D eigenvalue weighted by Crippen LogP contribution is 2.27. The Morgan fingerprint density at radius 1 is 1.00 bits per heavy atom. The zero-order valence-corrected chi connectivity index (χ0v) is 11.3. The Balaban J connectivity index is 0. The molecule has 0 amide bonds. The second-order valence-electron chi connectivity index (χ2n) is 4.77. The van der Waals surface area contributed by atoms with Gasteiger partial charge in [0.1, 0.15) is 0 Å². The van der Waals surface area contributed by atoms with Crippen molar-refractivity contribution in [3.63, 3.8) is 0 Å².